The monoisotopic (exact) mass is 248 g/mol. The maximum absolute atomic E-state index is 11.5. The lowest BCUT2D eigenvalue weighted by Gasteiger charge is -2.03. The van der Waals surface area contributed by atoms with Gasteiger partial charge in [-0.05, 0) is 18.4 Å². The van der Waals surface area contributed by atoms with Crippen molar-refractivity contribution in [2.75, 3.05) is 0 Å². The first-order chi connectivity index (χ1) is 8.63. The van der Waals surface area contributed by atoms with Crippen LogP contribution in [0.1, 0.15) is 54.9 Å². The highest BCUT2D eigenvalue weighted by molar-refractivity contribution is 6.05. The van der Waals surface area contributed by atoms with E-state index in [1.807, 2.05) is 12.1 Å². The molecule has 0 aliphatic heterocycles. The summed E-state index contributed by atoms with van der Waals surface area (Å²) in [6, 6.07) is 7.28. The molecule has 0 unspecified atom stereocenters. The molecule has 1 aromatic carbocycles. The lowest BCUT2D eigenvalue weighted by Crippen LogP contribution is -2.06. The molecule has 3 heteroatoms. The number of ketones is 1. The summed E-state index contributed by atoms with van der Waals surface area (Å²) in [4.78, 5) is 21.9. The Bertz CT molecular complexity index is 393. The van der Waals surface area contributed by atoms with Gasteiger partial charge in [0.15, 0.2) is 5.78 Å². The number of carboxylic acids is 1. The number of carboxylic acid groups (broad SMARTS) is 1. The molecule has 0 saturated heterocycles. The summed E-state index contributed by atoms with van der Waals surface area (Å²) in [6.07, 6.45) is 5.47. The van der Waals surface area contributed by atoms with Crippen LogP contribution in [-0.2, 0) is 11.2 Å². The first-order valence-corrected chi connectivity index (χ1v) is 6.47. The van der Waals surface area contributed by atoms with Crippen LogP contribution in [0, 0.1) is 0 Å². The highest BCUT2D eigenvalue weighted by Crippen LogP contribution is 2.11. The van der Waals surface area contributed by atoms with Gasteiger partial charge in [-0.2, -0.15) is 0 Å². The second-order valence-electron chi connectivity index (χ2n) is 4.50. The van der Waals surface area contributed by atoms with Crippen molar-refractivity contribution in [2.24, 2.45) is 0 Å². The van der Waals surface area contributed by atoms with E-state index in [1.54, 1.807) is 12.1 Å². The second kappa shape index (κ2) is 7.64. The summed E-state index contributed by atoms with van der Waals surface area (Å²) >= 11 is 0. The smallest absolute Gasteiger partial charge is 0.311 e. The number of rotatable bonds is 8. The van der Waals surface area contributed by atoms with E-state index in [4.69, 9.17) is 5.11 Å². The maximum atomic E-state index is 11.5. The molecular weight excluding hydrogens is 228 g/mol. The molecule has 1 aromatic rings. The second-order valence-corrected chi connectivity index (χ2v) is 4.50. The lowest BCUT2D eigenvalue weighted by molar-refractivity contribution is -0.135. The largest absolute Gasteiger partial charge is 0.481 e. The Hall–Kier alpha value is -1.64. The zero-order valence-corrected chi connectivity index (χ0v) is 10.8. The molecule has 0 radical (unpaired) electrons. The van der Waals surface area contributed by atoms with Gasteiger partial charge in [-0.3, -0.25) is 9.59 Å². The van der Waals surface area contributed by atoms with E-state index in [2.05, 4.69) is 6.92 Å². The van der Waals surface area contributed by atoms with E-state index >= 15 is 0 Å². The Morgan fingerprint density at radius 2 is 1.72 bits per heavy atom. The maximum Gasteiger partial charge on any atom is 0.311 e. The molecule has 1 N–H and O–H groups in total. The number of aryl methyl sites for hydroxylation is 1. The topological polar surface area (TPSA) is 54.4 Å². The summed E-state index contributed by atoms with van der Waals surface area (Å²) in [5, 5.41) is 8.55. The fraction of sp³-hybridized carbons (Fsp3) is 0.467. The fourth-order valence-electron chi connectivity index (χ4n) is 1.85. The Morgan fingerprint density at radius 1 is 1.06 bits per heavy atom. The highest BCUT2D eigenvalue weighted by Gasteiger charge is 2.09. The third kappa shape index (κ3) is 5.13. The third-order valence-corrected chi connectivity index (χ3v) is 2.91. The summed E-state index contributed by atoms with van der Waals surface area (Å²) in [5.74, 6) is -1.41. The minimum atomic E-state index is -1.08. The summed E-state index contributed by atoms with van der Waals surface area (Å²) in [7, 11) is 0. The summed E-state index contributed by atoms with van der Waals surface area (Å²) in [5.41, 5.74) is 1.69. The first kappa shape index (κ1) is 14.4. The Morgan fingerprint density at radius 3 is 2.28 bits per heavy atom. The third-order valence-electron chi connectivity index (χ3n) is 2.91. The number of hydrogen-bond acceptors (Lipinski definition) is 2. The number of benzene rings is 1. The van der Waals surface area contributed by atoms with E-state index in [1.165, 1.54) is 24.8 Å². The first-order valence-electron chi connectivity index (χ1n) is 6.47. The van der Waals surface area contributed by atoms with Crippen molar-refractivity contribution < 1.29 is 14.7 Å². The van der Waals surface area contributed by atoms with Crippen LogP contribution in [-0.4, -0.2) is 16.9 Å². The molecule has 0 aromatic heterocycles. The van der Waals surface area contributed by atoms with Crippen LogP contribution in [0.2, 0.25) is 0 Å². The van der Waals surface area contributed by atoms with Gasteiger partial charge in [0.1, 0.15) is 6.42 Å². The van der Waals surface area contributed by atoms with Gasteiger partial charge in [-0.15, -0.1) is 0 Å². The van der Waals surface area contributed by atoms with Gasteiger partial charge >= 0.3 is 5.97 Å². The van der Waals surface area contributed by atoms with Gasteiger partial charge in [0, 0.05) is 5.56 Å². The van der Waals surface area contributed by atoms with Crippen LogP contribution in [0.4, 0.5) is 0 Å². The van der Waals surface area contributed by atoms with Crippen LogP contribution >= 0.6 is 0 Å². The average molecular weight is 248 g/mol. The number of unbranched alkanes of at least 4 members (excludes halogenated alkanes) is 3. The van der Waals surface area contributed by atoms with Crippen molar-refractivity contribution in [3.05, 3.63) is 35.4 Å². The van der Waals surface area contributed by atoms with Crippen LogP contribution in [0.3, 0.4) is 0 Å². The normalized spacial score (nSPS) is 10.3. The molecule has 0 saturated carbocycles. The van der Waals surface area contributed by atoms with Gasteiger partial charge in [-0.25, -0.2) is 0 Å². The van der Waals surface area contributed by atoms with E-state index < -0.39 is 12.4 Å². The SMILES string of the molecule is CCCCCCc1ccc(C(=O)CC(=O)O)cc1. The standard InChI is InChI=1S/C15H20O3/c1-2-3-4-5-6-12-7-9-13(10-8-12)14(16)11-15(17)18/h7-10H,2-6,11H2,1H3,(H,17,18). The predicted molar refractivity (Wildman–Crippen MR) is 70.9 cm³/mol. The van der Waals surface area contributed by atoms with E-state index in [0.29, 0.717) is 5.56 Å². The molecular formula is C15H20O3. The fourth-order valence-corrected chi connectivity index (χ4v) is 1.85. The summed E-state index contributed by atoms with van der Waals surface area (Å²) < 4.78 is 0. The van der Waals surface area contributed by atoms with Crippen molar-refractivity contribution >= 4 is 11.8 Å². The van der Waals surface area contributed by atoms with E-state index in [-0.39, 0.29) is 5.78 Å². The van der Waals surface area contributed by atoms with E-state index in [9.17, 15) is 9.59 Å². The Balaban J connectivity index is 2.47. The number of Topliss-reactive ketones (excluding diaryl/α,β-unsaturated/α-hetero) is 1. The molecule has 0 aliphatic rings. The van der Waals surface area contributed by atoms with Gasteiger partial charge in [-0.1, -0.05) is 50.5 Å². The van der Waals surface area contributed by atoms with Crippen LogP contribution in [0.5, 0.6) is 0 Å². The molecule has 0 atom stereocenters. The van der Waals surface area contributed by atoms with Gasteiger partial charge in [0.05, 0.1) is 0 Å². The molecule has 0 spiro atoms. The number of hydrogen-bond donors (Lipinski definition) is 1. The minimum Gasteiger partial charge on any atom is -0.481 e. The molecule has 0 amide bonds. The lowest BCUT2D eigenvalue weighted by atomic mass is 10.0. The van der Waals surface area contributed by atoms with Gasteiger partial charge in [0.25, 0.3) is 0 Å². The van der Waals surface area contributed by atoms with Crippen LogP contribution in [0.15, 0.2) is 24.3 Å². The van der Waals surface area contributed by atoms with Crippen molar-refractivity contribution in [3.8, 4) is 0 Å². The predicted octanol–water partition coefficient (Wildman–Crippen LogP) is 3.47. The minimum absolute atomic E-state index is 0.333. The molecule has 0 aliphatic carbocycles. The molecule has 1 rings (SSSR count). The zero-order chi connectivity index (χ0) is 13.4. The van der Waals surface area contributed by atoms with Crippen molar-refractivity contribution in [3.63, 3.8) is 0 Å². The molecule has 18 heavy (non-hydrogen) atoms. The summed E-state index contributed by atoms with van der Waals surface area (Å²) in [6.45, 7) is 2.18. The van der Waals surface area contributed by atoms with Gasteiger partial charge < -0.3 is 5.11 Å². The Kier molecular flexibility index (Phi) is 6.12. The van der Waals surface area contributed by atoms with Crippen molar-refractivity contribution in [1.82, 2.24) is 0 Å². The molecule has 0 bridgehead atoms. The van der Waals surface area contributed by atoms with Crippen LogP contribution < -0.4 is 0 Å². The van der Waals surface area contributed by atoms with Gasteiger partial charge in [0.2, 0.25) is 0 Å². The van der Waals surface area contributed by atoms with Crippen molar-refractivity contribution in [1.29, 1.82) is 0 Å². The van der Waals surface area contributed by atoms with Crippen LogP contribution in [0.25, 0.3) is 0 Å². The number of aliphatic carboxylic acids is 1. The highest BCUT2D eigenvalue weighted by atomic mass is 16.4. The molecule has 98 valence electrons. The quantitative estimate of drug-likeness (QED) is 0.435. The molecule has 0 fully saturated rings. The van der Waals surface area contributed by atoms with E-state index in [0.717, 1.165) is 12.8 Å². The Labute approximate surface area is 108 Å². The number of carbonyl (C=O) groups is 2. The number of carbonyl (C=O) groups excluding carboxylic acids is 1. The van der Waals surface area contributed by atoms with Crippen molar-refractivity contribution in [2.45, 2.75) is 45.4 Å². The average Bonchev–Trinajstić information content (AvgIpc) is 2.34. The molecule has 0 heterocycles. The molecule has 3 nitrogen and oxygen atoms in total. The zero-order valence-electron chi connectivity index (χ0n) is 10.8.